The molecule has 4 aliphatic heterocycles. The highest BCUT2D eigenvalue weighted by Gasteiger charge is 2.50. The number of rotatable bonds is 17. The molecule has 0 saturated carbocycles. The van der Waals surface area contributed by atoms with Gasteiger partial charge in [0.05, 0.1) is 18.8 Å². The fourth-order valence-electron chi connectivity index (χ4n) is 11.9. The Hall–Kier alpha value is -2.44. The van der Waals surface area contributed by atoms with Gasteiger partial charge in [-0.25, -0.2) is 0 Å². The number of nitrogens with zero attached hydrogens (tertiary/aromatic N) is 4. The van der Waals surface area contributed by atoms with E-state index in [4.69, 9.17) is 18.9 Å². The number of piperidine rings is 4. The number of hydrogen-bond donors (Lipinski definition) is 4. The summed E-state index contributed by atoms with van der Waals surface area (Å²) in [4.78, 5) is 49.9. The number of carbonyl (C=O) groups excluding carboxylic acids is 4. The van der Waals surface area contributed by atoms with E-state index in [1.54, 1.807) is 0 Å². The van der Waals surface area contributed by atoms with Gasteiger partial charge in [0.15, 0.2) is 0 Å². The van der Waals surface area contributed by atoms with Crippen molar-refractivity contribution in [2.75, 3.05) is 0 Å². The summed E-state index contributed by atoms with van der Waals surface area (Å²) in [5, 5.41) is 47.1. The van der Waals surface area contributed by atoms with Gasteiger partial charge < -0.3 is 39.8 Å². The predicted molar refractivity (Wildman–Crippen MR) is 259 cm³/mol. The summed E-state index contributed by atoms with van der Waals surface area (Å²) in [5.41, 5.74) is -3.77. The first kappa shape index (κ1) is 59.9. The lowest BCUT2D eigenvalue weighted by Gasteiger charge is -2.51. The van der Waals surface area contributed by atoms with Crippen LogP contribution < -0.4 is 0 Å². The largest absolute Gasteiger partial charge is 0.462 e. The SMILES string of the molecule is CC1(C)CC(OC(=O)CCC(=O)OC2CC(C)(C)N(O)C(C)(C)C2)CC(C)(C)N1O.CCC(CCCCCCCC(=O)OC1CC(C)(C)N(O)C(C)(C)C1)C(=O)OC1CC(C)(C)N(O)C(C)(C)C1. The third-order valence-electron chi connectivity index (χ3n) is 14.9. The standard InChI is InChI=1S/C30H56N2O6.C22H40N2O6/c1-10-22(26(34)38-24-20-29(6,7)32(36)30(8,9)21-24)16-14-12-11-13-15-17-25(33)37-23-18-27(2,3)31(35)28(4,5)19-23;1-19(2)11-15(12-20(3,4)23(19)27)29-17(25)9-10-18(26)30-16-13-21(5,6)24(28)22(7,8)14-16/h22-24,35-36H,10-21H2,1-9H3;15-16,27-28H,9-14H2,1-8H3. The number of esters is 4. The highest BCUT2D eigenvalue weighted by atomic mass is 16.6. The van der Waals surface area contributed by atoms with Crippen LogP contribution in [0.25, 0.3) is 0 Å². The predicted octanol–water partition coefficient (Wildman–Crippen LogP) is 10.3. The molecule has 0 spiro atoms. The number of hydrogen-bond acceptors (Lipinski definition) is 16. The second-order valence-corrected chi connectivity index (χ2v) is 25.7. The van der Waals surface area contributed by atoms with Crippen molar-refractivity contribution in [1.29, 1.82) is 0 Å². The van der Waals surface area contributed by atoms with Crippen molar-refractivity contribution in [3.63, 3.8) is 0 Å². The maximum absolute atomic E-state index is 12.9. The molecule has 68 heavy (non-hydrogen) atoms. The van der Waals surface area contributed by atoms with E-state index in [1.165, 1.54) is 20.3 Å². The lowest BCUT2D eigenvalue weighted by atomic mass is 9.80. The smallest absolute Gasteiger partial charge is 0.309 e. The van der Waals surface area contributed by atoms with Crippen molar-refractivity contribution >= 4 is 23.9 Å². The molecule has 16 heteroatoms. The Labute approximate surface area is 409 Å². The highest BCUT2D eigenvalue weighted by Crippen LogP contribution is 2.42. The number of carbonyl (C=O) groups is 4. The van der Waals surface area contributed by atoms with Crippen molar-refractivity contribution in [2.45, 2.75) is 302 Å². The lowest BCUT2D eigenvalue weighted by molar-refractivity contribution is -0.260. The summed E-state index contributed by atoms with van der Waals surface area (Å²) in [6.45, 7) is 33.1. The van der Waals surface area contributed by atoms with Crippen LogP contribution in [0.15, 0.2) is 0 Å². The van der Waals surface area contributed by atoms with E-state index in [1.807, 2.05) is 118 Å². The van der Waals surface area contributed by atoms with E-state index in [9.17, 15) is 40.0 Å². The third kappa shape index (κ3) is 16.6. The van der Waals surface area contributed by atoms with Gasteiger partial charge in [-0.15, -0.1) is 0 Å². The molecule has 16 nitrogen and oxygen atoms in total. The van der Waals surface area contributed by atoms with Crippen LogP contribution in [0, 0.1) is 5.92 Å². The van der Waals surface area contributed by atoms with Gasteiger partial charge in [0, 0.05) is 102 Å². The third-order valence-corrected chi connectivity index (χ3v) is 14.9. The summed E-state index contributed by atoms with van der Waals surface area (Å²) in [6.07, 6.45) is 10.3. The fraction of sp³-hybridized carbons (Fsp3) is 0.923. The fourth-order valence-corrected chi connectivity index (χ4v) is 11.9. The molecule has 396 valence electrons. The zero-order valence-corrected chi connectivity index (χ0v) is 45.5. The Bertz CT molecular complexity index is 1560. The zero-order chi connectivity index (χ0) is 52.1. The summed E-state index contributed by atoms with van der Waals surface area (Å²) in [5.74, 6) is -1.22. The molecular formula is C52H96N4O12. The van der Waals surface area contributed by atoms with Crippen molar-refractivity contribution in [3.05, 3.63) is 0 Å². The maximum atomic E-state index is 12.9. The molecule has 1 unspecified atom stereocenters. The van der Waals surface area contributed by atoms with E-state index in [2.05, 4.69) is 0 Å². The minimum absolute atomic E-state index is 0.0370. The van der Waals surface area contributed by atoms with Crippen LogP contribution >= 0.6 is 0 Å². The molecule has 0 aromatic rings. The second kappa shape index (κ2) is 23.0. The number of hydroxylamine groups is 8. The van der Waals surface area contributed by atoms with E-state index >= 15 is 0 Å². The van der Waals surface area contributed by atoms with Crippen LogP contribution in [0.1, 0.15) is 233 Å². The van der Waals surface area contributed by atoms with Crippen LogP contribution in [0.4, 0.5) is 0 Å². The van der Waals surface area contributed by atoms with E-state index in [0.29, 0.717) is 57.8 Å². The normalized spacial score (nSPS) is 25.6. The Morgan fingerprint density at radius 1 is 0.397 bits per heavy atom. The first-order chi connectivity index (χ1) is 30.9. The van der Waals surface area contributed by atoms with Gasteiger partial charge in [0.2, 0.25) is 0 Å². The molecular weight excluding hydrogens is 873 g/mol. The second-order valence-electron chi connectivity index (χ2n) is 25.7. The molecule has 4 heterocycles. The molecule has 4 fully saturated rings. The van der Waals surface area contributed by atoms with Crippen LogP contribution in [-0.2, 0) is 38.1 Å². The van der Waals surface area contributed by atoms with Crippen molar-refractivity contribution in [2.24, 2.45) is 5.92 Å². The number of ether oxygens (including phenoxy) is 4. The van der Waals surface area contributed by atoms with Crippen molar-refractivity contribution in [3.8, 4) is 0 Å². The van der Waals surface area contributed by atoms with Crippen LogP contribution in [0.5, 0.6) is 0 Å². The monoisotopic (exact) mass is 969 g/mol. The minimum Gasteiger partial charge on any atom is -0.462 e. The molecule has 0 aromatic heterocycles. The van der Waals surface area contributed by atoms with Gasteiger partial charge in [-0.3, -0.25) is 19.2 Å². The Balaban J connectivity index is 0.000000370. The molecule has 0 radical (unpaired) electrons. The summed E-state index contributed by atoms with van der Waals surface area (Å²) >= 11 is 0. The van der Waals surface area contributed by atoms with E-state index in [0.717, 1.165) is 44.9 Å². The molecule has 4 saturated heterocycles. The molecule has 0 amide bonds. The molecule has 4 rings (SSSR count). The lowest BCUT2D eigenvalue weighted by Crippen LogP contribution is -2.60. The Morgan fingerprint density at radius 3 is 0.912 bits per heavy atom. The summed E-state index contributed by atoms with van der Waals surface area (Å²) in [6, 6.07) is 0. The molecule has 0 aromatic carbocycles. The quantitative estimate of drug-likeness (QED) is 0.0609. The summed E-state index contributed by atoms with van der Waals surface area (Å²) in [7, 11) is 0. The molecule has 4 aliphatic rings. The average Bonchev–Trinajstić information content (AvgIpc) is 3.16. The summed E-state index contributed by atoms with van der Waals surface area (Å²) < 4.78 is 22.9. The van der Waals surface area contributed by atoms with Crippen LogP contribution in [-0.4, -0.2) is 134 Å². The van der Waals surface area contributed by atoms with Gasteiger partial charge in [-0.1, -0.05) is 32.6 Å². The zero-order valence-electron chi connectivity index (χ0n) is 45.5. The Morgan fingerprint density at radius 2 is 0.632 bits per heavy atom. The average molecular weight is 969 g/mol. The first-order valence-corrected chi connectivity index (χ1v) is 25.6. The molecule has 1 atom stereocenters. The van der Waals surface area contributed by atoms with Gasteiger partial charge in [0.1, 0.15) is 24.4 Å². The minimum atomic E-state index is -0.507. The molecule has 0 aliphatic carbocycles. The van der Waals surface area contributed by atoms with Crippen LogP contribution in [0.3, 0.4) is 0 Å². The van der Waals surface area contributed by atoms with Gasteiger partial charge in [0.25, 0.3) is 0 Å². The molecule has 4 N–H and O–H groups in total. The highest BCUT2D eigenvalue weighted by molar-refractivity contribution is 5.78. The van der Waals surface area contributed by atoms with Crippen molar-refractivity contribution < 1.29 is 59.0 Å². The first-order valence-electron chi connectivity index (χ1n) is 25.6. The Kier molecular flexibility index (Phi) is 20.2. The van der Waals surface area contributed by atoms with Crippen molar-refractivity contribution in [1.82, 2.24) is 20.3 Å². The van der Waals surface area contributed by atoms with Gasteiger partial charge in [-0.2, -0.15) is 20.3 Å². The number of unbranched alkanes of at least 4 members (excludes halogenated alkanes) is 4. The van der Waals surface area contributed by atoms with E-state index < -0.39 is 56.3 Å². The topological polar surface area (TPSA) is 199 Å². The van der Waals surface area contributed by atoms with Gasteiger partial charge in [-0.05, 0) is 130 Å². The molecule has 0 bridgehead atoms. The van der Waals surface area contributed by atoms with Gasteiger partial charge >= 0.3 is 23.9 Å². The maximum Gasteiger partial charge on any atom is 0.309 e. The van der Waals surface area contributed by atoms with Crippen LogP contribution in [0.2, 0.25) is 0 Å². The van der Waals surface area contributed by atoms with E-state index in [-0.39, 0.29) is 55.1 Å².